The number of hydrogen-bond donors (Lipinski definition) is 3. The maximum Gasteiger partial charge on any atom is 0.389 e. The van der Waals surface area contributed by atoms with E-state index in [4.69, 9.17) is 10.7 Å². The Kier molecular flexibility index (Phi) is 8.23. The van der Waals surface area contributed by atoms with E-state index in [1.807, 2.05) is 13.8 Å². The highest BCUT2D eigenvalue weighted by Crippen LogP contribution is 2.44. The highest BCUT2D eigenvalue weighted by Gasteiger charge is 2.40. The maximum atomic E-state index is 14.0. The van der Waals surface area contributed by atoms with Crippen LogP contribution in [0.4, 0.5) is 22.0 Å². The molecule has 8 nitrogen and oxygen atoms in total. The molecule has 1 aliphatic carbocycles. The molecule has 2 amide bonds. The van der Waals surface area contributed by atoms with E-state index in [2.05, 4.69) is 15.4 Å². The van der Waals surface area contributed by atoms with Gasteiger partial charge in [-0.05, 0) is 63.3 Å². The summed E-state index contributed by atoms with van der Waals surface area (Å²) in [6.07, 6.45) is -6.34. The van der Waals surface area contributed by atoms with Gasteiger partial charge in [0, 0.05) is 25.3 Å². The number of aromatic nitrogens is 4. The van der Waals surface area contributed by atoms with Crippen molar-refractivity contribution in [3.05, 3.63) is 47.0 Å². The van der Waals surface area contributed by atoms with Crippen LogP contribution in [-0.2, 0) is 4.79 Å². The number of nitrogens with zero attached hydrogens (tertiary/aromatic N) is 3. The molecule has 0 spiro atoms. The lowest BCUT2D eigenvalue weighted by Gasteiger charge is -2.32. The lowest BCUT2D eigenvalue weighted by molar-refractivity contribution is -0.144. The van der Waals surface area contributed by atoms with Gasteiger partial charge in [0.05, 0.1) is 35.1 Å². The van der Waals surface area contributed by atoms with Crippen molar-refractivity contribution in [3.8, 4) is 0 Å². The summed E-state index contributed by atoms with van der Waals surface area (Å²) in [5.74, 6) is -4.33. The van der Waals surface area contributed by atoms with Gasteiger partial charge in [-0.3, -0.25) is 14.3 Å². The average Bonchev–Trinajstić information content (AvgIpc) is 3.48. The van der Waals surface area contributed by atoms with Crippen molar-refractivity contribution in [1.29, 1.82) is 0 Å². The Hall–Kier alpha value is -3.51. The molecule has 2 aromatic heterocycles. The van der Waals surface area contributed by atoms with Crippen LogP contribution in [0.25, 0.3) is 11.0 Å². The molecule has 4 N–H and O–H groups in total. The molecule has 3 aromatic rings. The zero-order chi connectivity index (χ0) is 29.4. The number of benzene rings is 1. The second-order valence-corrected chi connectivity index (χ2v) is 10.8. The minimum Gasteiger partial charge on any atom is -0.364 e. The highest BCUT2D eigenvalue weighted by molar-refractivity contribution is 5.91. The van der Waals surface area contributed by atoms with Gasteiger partial charge >= 0.3 is 6.18 Å². The normalized spacial score (nSPS) is 17.7. The van der Waals surface area contributed by atoms with Crippen molar-refractivity contribution in [1.82, 2.24) is 25.1 Å². The maximum absolute atomic E-state index is 14.0. The number of fused-ring (bicyclic) bond motifs is 1. The van der Waals surface area contributed by atoms with Gasteiger partial charge in [0.1, 0.15) is 11.5 Å². The molecule has 0 radical (unpaired) electrons. The summed E-state index contributed by atoms with van der Waals surface area (Å²) in [6, 6.07) is 6.05. The van der Waals surface area contributed by atoms with Crippen LogP contribution in [0.15, 0.2) is 24.3 Å². The Labute approximate surface area is 227 Å². The second kappa shape index (κ2) is 11.2. The van der Waals surface area contributed by atoms with Crippen molar-refractivity contribution >= 4 is 22.8 Å². The number of carbonyl (C=O) groups excluding carboxylic acids is 2. The summed E-state index contributed by atoms with van der Waals surface area (Å²) < 4.78 is 66.9. The third-order valence-electron chi connectivity index (χ3n) is 7.38. The topological polar surface area (TPSA) is 119 Å². The standard InChI is InChI=1S/C27H33F5N6O2/c1-14(2)38-21(24(33)40)13-20(37-38)23(16-6-9-26(28,29)10-7-16)25-35-18-5-4-17(12-19(18)36-25)15(3)34-22(39)8-11-27(30,31)32/h4-5,12-16,23H,6-11H2,1-3H3,(H2,33,40)(H,34,39)(H,35,36)/t15-,23+/m1/s1. The van der Waals surface area contributed by atoms with Gasteiger partial charge in [-0.2, -0.15) is 18.3 Å². The zero-order valence-corrected chi connectivity index (χ0v) is 22.5. The van der Waals surface area contributed by atoms with E-state index in [1.165, 1.54) is 4.68 Å². The monoisotopic (exact) mass is 568 g/mol. The van der Waals surface area contributed by atoms with Crippen molar-refractivity contribution in [2.75, 3.05) is 0 Å². The fourth-order valence-electron chi connectivity index (χ4n) is 5.26. The fraction of sp³-hybridized carbons (Fsp3) is 0.556. The molecule has 40 heavy (non-hydrogen) atoms. The number of imidazole rings is 1. The number of rotatable bonds is 9. The molecule has 1 saturated carbocycles. The lowest BCUT2D eigenvalue weighted by Crippen LogP contribution is -2.29. The average molecular weight is 569 g/mol. The van der Waals surface area contributed by atoms with Gasteiger partial charge in [0.2, 0.25) is 11.8 Å². The quantitative estimate of drug-likeness (QED) is 0.278. The minimum atomic E-state index is -4.42. The van der Waals surface area contributed by atoms with Crippen LogP contribution in [-0.4, -0.2) is 43.7 Å². The number of alkyl halides is 5. The van der Waals surface area contributed by atoms with Crippen molar-refractivity contribution in [2.45, 2.75) is 89.4 Å². The molecule has 0 bridgehead atoms. The first-order valence-electron chi connectivity index (χ1n) is 13.3. The van der Waals surface area contributed by atoms with Crippen LogP contribution in [0.1, 0.15) is 105 Å². The van der Waals surface area contributed by atoms with Crippen molar-refractivity contribution in [3.63, 3.8) is 0 Å². The molecule has 0 saturated heterocycles. The molecule has 1 aliphatic rings. The minimum absolute atomic E-state index is 0.168. The van der Waals surface area contributed by atoms with Gasteiger partial charge in [-0.15, -0.1) is 0 Å². The summed E-state index contributed by atoms with van der Waals surface area (Å²) in [5, 5.41) is 7.22. The summed E-state index contributed by atoms with van der Waals surface area (Å²) in [7, 11) is 0. The SMILES string of the molecule is CC(C)n1nc([C@@H](c2nc3ccc([C@@H](C)NC(=O)CCC(F)(F)F)cc3[nH]2)C2CCC(F)(F)CC2)cc1C(N)=O. The van der Waals surface area contributed by atoms with Gasteiger partial charge in [-0.1, -0.05) is 6.07 Å². The Bertz CT molecular complexity index is 1370. The molecular weight excluding hydrogens is 535 g/mol. The first kappa shape index (κ1) is 29.5. The van der Waals surface area contributed by atoms with Gasteiger partial charge in [0.25, 0.3) is 5.91 Å². The van der Waals surface area contributed by atoms with Gasteiger partial charge in [0.15, 0.2) is 0 Å². The molecule has 13 heteroatoms. The van der Waals surface area contributed by atoms with Crippen molar-refractivity contribution in [2.24, 2.45) is 11.7 Å². The summed E-state index contributed by atoms with van der Waals surface area (Å²) in [5.41, 5.74) is 8.14. The van der Waals surface area contributed by atoms with Gasteiger partial charge < -0.3 is 16.0 Å². The number of aromatic amines is 1. The summed E-state index contributed by atoms with van der Waals surface area (Å²) in [6.45, 7) is 5.37. The fourth-order valence-corrected chi connectivity index (χ4v) is 5.26. The molecule has 0 aliphatic heterocycles. The van der Waals surface area contributed by atoms with E-state index < -0.39 is 48.7 Å². The largest absolute Gasteiger partial charge is 0.389 e. The third-order valence-corrected chi connectivity index (χ3v) is 7.38. The predicted molar refractivity (Wildman–Crippen MR) is 138 cm³/mol. The van der Waals surface area contributed by atoms with E-state index >= 15 is 0 Å². The molecule has 2 atom stereocenters. The highest BCUT2D eigenvalue weighted by atomic mass is 19.4. The Morgan fingerprint density at radius 2 is 1.85 bits per heavy atom. The van der Waals surface area contributed by atoms with Crippen LogP contribution in [0.3, 0.4) is 0 Å². The first-order valence-corrected chi connectivity index (χ1v) is 13.3. The summed E-state index contributed by atoms with van der Waals surface area (Å²) >= 11 is 0. The Balaban J connectivity index is 1.66. The van der Waals surface area contributed by atoms with E-state index in [0.717, 1.165) is 0 Å². The zero-order valence-electron chi connectivity index (χ0n) is 22.5. The Morgan fingerprint density at radius 1 is 1.18 bits per heavy atom. The van der Waals surface area contributed by atoms with Crippen LogP contribution >= 0.6 is 0 Å². The number of nitrogens with two attached hydrogens (primary N) is 1. The number of nitrogens with one attached hydrogen (secondary N) is 2. The smallest absolute Gasteiger partial charge is 0.364 e. The van der Waals surface area contributed by atoms with Crippen LogP contribution in [0.5, 0.6) is 0 Å². The van der Waals surface area contributed by atoms with Gasteiger partial charge in [-0.25, -0.2) is 13.8 Å². The number of primary amides is 1. The van der Waals surface area contributed by atoms with E-state index in [1.54, 1.807) is 31.2 Å². The third kappa shape index (κ3) is 6.79. The van der Waals surface area contributed by atoms with Crippen molar-refractivity contribution < 1.29 is 31.5 Å². The molecule has 1 fully saturated rings. The molecule has 2 heterocycles. The Morgan fingerprint density at radius 3 is 2.42 bits per heavy atom. The number of halogens is 5. The van der Waals surface area contributed by atoms with Crippen LogP contribution in [0.2, 0.25) is 0 Å². The predicted octanol–water partition coefficient (Wildman–Crippen LogP) is 5.92. The summed E-state index contributed by atoms with van der Waals surface area (Å²) in [4.78, 5) is 32.1. The number of hydrogen-bond acceptors (Lipinski definition) is 4. The van der Waals surface area contributed by atoms with Crippen LogP contribution in [0, 0.1) is 5.92 Å². The molecule has 218 valence electrons. The first-order chi connectivity index (χ1) is 18.6. The number of amides is 2. The number of H-pyrrole nitrogens is 1. The number of carbonyl (C=O) groups is 2. The second-order valence-electron chi connectivity index (χ2n) is 10.8. The molecule has 0 unspecified atom stereocenters. The molecule has 1 aromatic carbocycles. The van der Waals surface area contributed by atoms with E-state index in [9.17, 15) is 31.5 Å². The molecule has 4 rings (SSSR count). The lowest BCUT2D eigenvalue weighted by atomic mass is 9.77. The van der Waals surface area contributed by atoms with E-state index in [-0.39, 0.29) is 43.3 Å². The molecular formula is C27H33F5N6O2. The van der Waals surface area contributed by atoms with E-state index in [0.29, 0.717) is 28.1 Å². The van der Waals surface area contributed by atoms with Crippen LogP contribution < -0.4 is 11.1 Å².